The number of benzene rings is 1. The van der Waals surface area contributed by atoms with Crippen molar-refractivity contribution in [2.45, 2.75) is 44.9 Å². The van der Waals surface area contributed by atoms with Crippen molar-refractivity contribution < 1.29 is 42.9 Å². The number of rotatable bonds is 7. The van der Waals surface area contributed by atoms with Crippen LogP contribution in [0.1, 0.15) is 25.8 Å². The monoisotopic (exact) mass is 408 g/mol. The highest BCUT2D eigenvalue weighted by atomic mass is 19.4. The number of phenolic OH excluding ortho intramolecular Hbond substituents is 1. The van der Waals surface area contributed by atoms with Crippen molar-refractivity contribution in [1.82, 2.24) is 5.32 Å². The van der Waals surface area contributed by atoms with Gasteiger partial charge in [-0.2, -0.15) is 13.2 Å². The fourth-order valence-electron chi connectivity index (χ4n) is 1.92. The fourth-order valence-corrected chi connectivity index (χ4v) is 1.92. The number of carbonyl (C=O) groups is 3. The van der Waals surface area contributed by atoms with Crippen molar-refractivity contribution in [1.29, 1.82) is 0 Å². The van der Waals surface area contributed by atoms with E-state index in [9.17, 15) is 27.9 Å². The summed E-state index contributed by atoms with van der Waals surface area (Å²) >= 11 is 0. The van der Waals surface area contributed by atoms with Gasteiger partial charge in [-0.05, 0) is 30.0 Å². The summed E-state index contributed by atoms with van der Waals surface area (Å²) in [5.74, 6) is -4.34. The van der Waals surface area contributed by atoms with Gasteiger partial charge in [0.25, 0.3) is 0 Å². The molecule has 28 heavy (non-hydrogen) atoms. The Morgan fingerprint density at radius 1 is 1.14 bits per heavy atom. The molecule has 158 valence electrons. The number of amides is 1. The number of nitrogens with one attached hydrogen (secondary N) is 1. The summed E-state index contributed by atoms with van der Waals surface area (Å²) in [6, 6.07) is 4.60. The second-order valence-electron chi connectivity index (χ2n) is 5.99. The first-order valence-corrected chi connectivity index (χ1v) is 8.16. The van der Waals surface area contributed by atoms with Crippen LogP contribution >= 0.6 is 0 Å². The molecule has 1 amide bonds. The molecule has 0 aliphatic heterocycles. The summed E-state index contributed by atoms with van der Waals surface area (Å²) in [5.41, 5.74) is 6.61. The van der Waals surface area contributed by atoms with Crippen LogP contribution in [0.2, 0.25) is 0 Å². The van der Waals surface area contributed by atoms with E-state index in [4.69, 9.17) is 20.7 Å². The van der Waals surface area contributed by atoms with Crippen LogP contribution in [0.15, 0.2) is 24.3 Å². The Morgan fingerprint density at radius 3 is 1.96 bits per heavy atom. The largest absolute Gasteiger partial charge is 0.508 e. The number of phenols is 1. The molecule has 0 bridgehead atoms. The van der Waals surface area contributed by atoms with Gasteiger partial charge < -0.3 is 26.4 Å². The molecule has 0 aromatic heterocycles. The van der Waals surface area contributed by atoms with Gasteiger partial charge in [0.2, 0.25) is 5.91 Å². The predicted molar refractivity (Wildman–Crippen MR) is 92.5 cm³/mol. The normalized spacial score (nSPS) is 14.1. The van der Waals surface area contributed by atoms with E-state index in [2.05, 4.69) is 5.32 Å². The number of carboxylic acid groups (broad SMARTS) is 2. The summed E-state index contributed by atoms with van der Waals surface area (Å²) in [5, 5.41) is 27.9. The SMILES string of the molecule is CCC(C)C(NC(=O)C(N)Cc1ccc(O)cc1)C(=O)O.O=C(O)C(F)(F)F. The summed E-state index contributed by atoms with van der Waals surface area (Å²) in [6.07, 6.45) is -4.16. The van der Waals surface area contributed by atoms with Crippen LogP contribution < -0.4 is 11.1 Å². The van der Waals surface area contributed by atoms with Gasteiger partial charge in [0.05, 0.1) is 6.04 Å². The lowest BCUT2D eigenvalue weighted by Crippen LogP contribution is -2.51. The molecule has 0 aliphatic carbocycles. The molecule has 6 N–H and O–H groups in total. The number of hydrogen-bond acceptors (Lipinski definition) is 5. The van der Waals surface area contributed by atoms with Crippen molar-refractivity contribution in [3.05, 3.63) is 29.8 Å². The molecular weight excluding hydrogens is 385 g/mol. The quantitative estimate of drug-likeness (QED) is 0.459. The van der Waals surface area contributed by atoms with Gasteiger partial charge in [0.15, 0.2) is 0 Å². The highest BCUT2D eigenvalue weighted by Crippen LogP contribution is 2.13. The van der Waals surface area contributed by atoms with Crippen LogP contribution in [-0.4, -0.2) is 51.4 Å². The van der Waals surface area contributed by atoms with Gasteiger partial charge in [0.1, 0.15) is 11.8 Å². The van der Waals surface area contributed by atoms with Crippen LogP contribution in [0.5, 0.6) is 5.75 Å². The van der Waals surface area contributed by atoms with E-state index in [-0.39, 0.29) is 18.1 Å². The first-order valence-electron chi connectivity index (χ1n) is 8.16. The third-order valence-electron chi connectivity index (χ3n) is 3.75. The maximum atomic E-state index is 12.0. The van der Waals surface area contributed by atoms with Crippen molar-refractivity contribution >= 4 is 17.8 Å². The second-order valence-corrected chi connectivity index (χ2v) is 5.99. The standard InChI is InChI=1S/C15H22N2O4.C2HF3O2/c1-3-9(2)13(15(20)21)17-14(19)12(16)8-10-4-6-11(18)7-5-10;3-2(4,5)1(6)7/h4-7,9,12-13,18H,3,8,16H2,1-2H3,(H,17,19)(H,20,21);(H,6,7). The molecule has 1 rings (SSSR count). The van der Waals surface area contributed by atoms with E-state index in [0.717, 1.165) is 5.56 Å². The molecule has 11 heteroatoms. The first kappa shape index (κ1) is 25.2. The third-order valence-corrected chi connectivity index (χ3v) is 3.75. The summed E-state index contributed by atoms with van der Waals surface area (Å²) in [7, 11) is 0. The Balaban J connectivity index is 0.000000887. The van der Waals surface area contributed by atoms with E-state index in [1.807, 2.05) is 6.92 Å². The number of hydrogen-bond donors (Lipinski definition) is 5. The molecule has 0 aliphatic rings. The Labute approximate surface area is 159 Å². The molecule has 1 aromatic carbocycles. The summed E-state index contributed by atoms with van der Waals surface area (Å²) in [4.78, 5) is 32.1. The third kappa shape index (κ3) is 9.21. The summed E-state index contributed by atoms with van der Waals surface area (Å²) < 4.78 is 31.7. The van der Waals surface area contributed by atoms with Crippen molar-refractivity contribution in [3.63, 3.8) is 0 Å². The highest BCUT2D eigenvalue weighted by molar-refractivity contribution is 5.87. The maximum Gasteiger partial charge on any atom is 0.490 e. The van der Waals surface area contributed by atoms with E-state index in [1.165, 1.54) is 12.1 Å². The Bertz CT molecular complexity index is 664. The van der Waals surface area contributed by atoms with Gasteiger partial charge in [-0.25, -0.2) is 9.59 Å². The number of alkyl halides is 3. The smallest absolute Gasteiger partial charge is 0.490 e. The van der Waals surface area contributed by atoms with E-state index < -0.39 is 36.1 Å². The molecule has 0 fully saturated rings. The zero-order chi connectivity index (χ0) is 22.1. The van der Waals surface area contributed by atoms with Crippen molar-refractivity contribution in [3.8, 4) is 5.75 Å². The minimum absolute atomic E-state index is 0.138. The predicted octanol–water partition coefficient (Wildman–Crippen LogP) is 1.51. The summed E-state index contributed by atoms with van der Waals surface area (Å²) in [6.45, 7) is 3.63. The van der Waals surface area contributed by atoms with Crippen LogP contribution in [0.3, 0.4) is 0 Å². The number of halogens is 3. The lowest BCUT2D eigenvalue weighted by Gasteiger charge is -2.22. The van der Waals surface area contributed by atoms with Crippen LogP contribution in [0.25, 0.3) is 0 Å². The topological polar surface area (TPSA) is 150 Å². The lowest BCUT2D eigenvalue weighted by molar-refractivity contribution is -0.192. The van der Waals surface area contributed by atoms with Gasteiger partial charge in [-0.3, -0.25) is 4.79 Å². The molecule has 1 aromatic rings. The molecule has 3 unspecified atom stereocenters. The number of carbonyl (C=O) groups excluding carboxylic acids is 1. The number of aromatic hydroxyl groups is 1. The number of nitrogens with two attached hydrogens (primary N) is 1. The van der Waals surface area contributed by atoms with Crippen molar-refractivity contribution in [2.75, 3.05) is 0 Å². The van der Waals surface area contributed by atoms with Gasteiger partial charge in [-0.1, -0.05) is 32.4 Å². The van der Waals surface area contributed by atoms with E-state index in [1.54, 1.807) is 19.1 Å². The lowest BCUT2D eigenvalue weighted by atomic mass is 9.98. The van der Waals surface area contributed by atoms with Gasteiger partial charge in [-0.15, -0.1) is 0 Å². The average Bonchev–Trinajstić information content (AvgIpc) is 2.60. The first-order chi connectivity index (χ1) is 12.8. The minimum atomic E-state index is -5.08. The molecule has 0 radical (unpaired) electrons. The van der Waals surface area contributed by atoms with Crippen LogP contribution in [0.4, 0.5) is 13.2 Å². The van der Waals surface area contributed by atoms with E-state index >= 15 is 0 Å². The Morgan fingerprint density at radius 2 is 1.61 bits per heavy atom. The van der Waals surface area contributed by atoms with Gasteiger partial charge >= 0.3 is 18.1 Å². The molecular formula is C17H23F3N2O6. The van der Waals surface area contributed by atoms with Crippen molar-refractivity contribution in [2.24, 2.45) is 11.7 Å². The number of aliphatic carboxylic acids is 2. The Kier molecular flexibility index (Phi) is 10.0. The zero-order valence-corrected chi connectivity index (χ0v) is 15.2. The van der Waals surface area contributed by atoms with Crippen LogP contribution in [-0.2, 0) is 20.8 Å². The molecule has 0 heterocycles. The minimum Gasteiger partial charge on any atom is -0.508 e. The molecule has 0 spiro atoms. The highest BCUT2D eigenvalue weighted by Gasteiger charge is 2.38. The molecule has 8 nitrogen and oxygen atoms in total. The fraction of sp³-hybridized carbons (Fsp3) is 0.471. The maximum absolute atomic E-state index is 12.0. The Hall–Kier alpha value is -2.82. The zero-order valence-electron chi connectivity index (χ0n) is 15.2. The van der Waals surface area contributed by atoms with E-state index in [0.29, 0.717) is 6.42 Å². The van der Waals surface area contributed by atoms with Gasteiger partial charge in [0, 0.05) is 0 Å². The molecule has 0 saturated carbocycles. The molecule has 3 atom stereocenters. The molecule has 0 saturated heterocycles. The average molecular weight is 408 g/mol. The second kappa shape index (κ2) is 11.1. The number of carboxylic acids is 2. The van der Waals surface area contributed by atoms with Crippen LogP contribution in [0, 0.1) is 5.92 Å².